The summed E-state index contributed by atoms with van der Waals surface area (Å²) in [4.78, 5) is 13.6. The fourth-order valence-corrected chi connectivity index (χ4v) is 5.07. The topological polar surface area (TPSA) is 114 Å². The first-order valence-electron chi connectivity index (χ1n) is 11.7. The molecule has 0 saturated heterocycles. The van der Waals surface area contributed by atoms with Crippen LogP contribution in [0.4, 0.5) is 5.69 Å². The zero-order chi connectivity index (χ0) is 26.1. The number of nitrogens with zero attached hydrogens (tertiary/aromatic N) is 7. The summed E-state index contributed by atoms with van der Waals surface area (Å²) in [5.41, 5.74) is 5.58. The van der Waals surface area contributed by atoms with Crippen LogP contribution in [0.5, 0.6) is 0 Å². The highest BCUT2D eigenvalue weighted by atomic mass is 32.2. The van der Waals surface area contributed by atoms with Gasteiger partial charge in [-0.25, -0.2) is 9.19 Å². The van der Waals surface area contributed by atoms with Gasteiger partial charge in [0.2, 0.25) is 5.71 Å². The van der Waals surface area contributed by atoms with Crippen LogP contribution in [0, 0.1) is 18.3 Å². The summed E-state index contributed by atoms with van der Waals surface area (Å²) in [6.45, 7) is 6.23. The molecule has 0 fully saturated rings. The molecule has 5 heterocycles. The normalized spacial score (nSPS) is 12.1. The Labute approximate surface area is 217 Å². The van der Waals surface area contributed by atoms with E-state index in [-0.39, 0.29) is 12.6 Å². The molecule has 0 radical (unpaired) electrons. The summed E-state index contributed by atoms with van der Waals surface area (Å²) < 4.78 is 22.3. The highest BCUT2D eigenvalue weighted by Crippen LogP contribution is 2.39. The van der Waals surface area contributed by atoms with Gasteiger partial charge in [0.25, 0.3) is 0 Å². The van der Waals surface area contributed by atoms with Crippen molar-refractivity contribution in [1.82, 2.24) is 24.7 Å². The van der Waals surface area contributed by atoms with E-state index in [1.165, 1.54) is 6.26 Å². The van der Waals surface area contributed by atoms with E-state index in [1.54, 1.807) is 35.2 Å². The molecule has 0 N–H and O–H groups in total. The van der Waals surface area contributed by atoms with Crippen LogP contribution >= 0.6 is 0 Å². The van der Waals surface area contributed by atoms with Gasteiger partial charge in [-0.05, 0) is 56.2 Å². The third-order valence-corrected chi connectivity index (χ3v) is 6.96. The number of fused-ring (bicyclic) bond motifs is 1. The number of aromatic nitrogens is 5. The molecular weight excluding hydrogens is 486 g/mol. The maximum Gasteiger partial charge on any atom is 0.228 e. The van der Waals surface area contributed by atoms with Crippen LogP contribution in [-0.2, 0) is 17.5 Å². The SMILES string of the molecule is Cc1cnn(C(C)C)c1-c1nc2occc2c(N(Cc2ccc(-c3ccccn3)nc2)S(C)=O)c1C#N. The van der Waals surface area contributed by atoms with Crippen molar-refractivity contribution >= 4 is 27.8 Å². The molecule has 0 saturated carbocycles. The number of aryl methyl sites for hydroxylation is 1. The third-order valence-electron chi connectivity index (χ3n) is 6.03. The van der Waals surface area contributed by atoms with Gasteiger partial charge in [0.05, 0.1) is 47.2 Å². The molecule has 37 heavy (non-hydrogen) atoms. The zero-order valence-electron chi connectivity index (χ0n) is 20.9. The van der Waals surface area contributed by atoms with E-state index < -0.39 is 11.0 Å². The average molecular weight is 512 g/mol. The quantitative estimate of drug-likeness (QED) is 0.295. The second-order valence-electron chi connectivity index (χ2n) is 8.88. The van der Waals surface area contributed by atoms with Crippen molar-refractivity contribution in [2.75, 3.05) is 10.6 Å². The first kappa shape index (κ1) is 24.3. The number of anilines is 1. The van der Waals surface area contributed by atoms with Gasteiger partial charge in [0.1, 0.15) is 28.3 Å². The molecule has 0 amide bonds. The predicted octanol–water partition coefficient (Wildman–Crippen LogP) is 5.21. The number of nitriles is 1. The van der Waals surface area contributed by atoms with E-state index >= 15 is 0 Å². The van der Waals surface area contributed by atoms with E-state index in [0.717, 1.165) is 28.2 Å². The summed E-state index contributed by atoms with van der Waals surface area (Å²) in [5.74, 6) is 0. The summed E-state index contributed by atoms with van der Waals surface area (Å²) in [6, 6.07) is 13.6. The summed E-state index contributed by atoms with van der Waals surface area (Å²) in [5, 5.41) is 15.5. The first-order chi connectivity index (χ1) is 17.9. The van der Waals surface area contributed by atoms with Crippen molar-refractivity contribution in [1.29, 1.82) is 5.26 Å². The molecule has 0 aliphatic heterocycles. The number of rotatable bonds is 7. The van der Waals surface area contributed by atoms with Crippen molar-refractivity contribution in [2.24, 2.45) is 0 Å². The second kappa shape index (κ2) is 9.95. The van der Waals surface area contributed by atoms with Crippen molar-refractivity contribution < 1.29 is 8.63 Å². The lowest BCUT2D eigenvalue weighted by atomic mass is 10.0. The van der Waals surface area contributed by atoms with Gasteiger partial charge in [0.15, 0.2) is 0 Å². The fraction of sp³-hybridized carbons (Fsp3) is 0.222. The van der Waals surface area contributed by atoms with Gasteiger partial charge in [-0.2, -0.15) is 10.4 Å². The minimum atomic E-state index is -1.47. The van der Waals surface area contributed by atoms with Gasteiger partial charge < -0.3 is 4.42 Å². The maximum absolute atomic E-state index is 13.1. The van der Waals surface area contributed by atoms with Crippen LogP contribution in [-0.4, -0.2) is 35.2 Å². The summed E-state index contributed by atoms with van der Waals surface area (Å²) in [7, 11) is -1.47. The number of furan rings is 1. The smallest absolute Gasteiger partial charge is 0.228 e. The Morgan fingerprint density at radius 3 is 2.59 bits per heavy atom. The fourth-order valence-electron chi connectivity index (χ4n) is 4.29. The van der Waals surface area contributed by atoms with E-state index in [1.807, 2.05) is 55.8 Å². The zero-order valence-corrected chi connectivity index (χ0v) is 21.7. The van der Waals surface area contributed by atoms with Crippen molar-refractivity contribution in [3.8, 4) is 28.8 Å². The van der Waals surface area contributed by atoms with Gasteiger partial charge in [-0.1, -0.05) is 12.1 Å². The Morgan fingerprint density at radius 2 is 1.95 bits per heavy atom. The van der Waals surface area contributed by atoms with Gasteiger partial charge in [-0.3, -0.25) is 19.0 Å². The van der Waals surface area contributed by atoms with Crippen LogP contribution in [0.1, 0.15) is 36.6 Å². The van der Waals surface area contributed by atoms with Gasteiger partial charge in [0, 0.05) is 24.7 Å². The van der Waals surface area contributed by atoms with Crippen LogP contribution in [0.2, 0.25) is 0 Å². The standard InChI is InChI=1S/C27H25N7O2S/c1-17(2)34-25(18(3)14-31-34)24-21(13-28)26(20-10-12-36-27(20)32-24)33(37(4)35)16-19-8-9-23(30-15-19)22-7-5-6-11-29-22/h5-12,14-15,17H,16H2,1-4H3. The molecule has 10 heteroatoms. The lowest BCUT2D eigenvalue weighted by Gasteiger charge is -2.24. The number of pyridine rings is 3. The van der Waals surface area contributed by atoms with E-state index in [9.17, 15) is 9.47 Å². The minimum absolute atomic E-state index is 0.0490. The van der Waals surface area contributed by atoms with Crippen molar-refractivity contribution in [3.05, 3.63) is 77.9 Å². The second-order valence-corrected chi connectivity index (χ2v) is 10.2. The molecule has 0 bridgehead atoms. The number of hydrogen-bond donors (Lipinski definition) is 0. The lowest BCUT2D eigenvalue weighted by molar-refractivity contribution is 0.537. The number of hydrogen-bond acceptors (Lipinski definition) is 7. The molecule has 9 nitrogen and oxygen atoms in total. The molecule has 1 unspecified atom stereocenters. The van der Waals surface area contributed by atoms with E-state index in [2.05, 4.69) is 21.1 Å². The van der Waals surface area contributed by atoms with Crippen molar-refractivity contribution in [2.45, 2.75) is 33.4 Å². The third kappa shape index (κ3) is 4.49. The molecule has 5 aromatic rings. The Bertz CT molecular complexity index is 1630. The molecule has 186 valence electrons. The molecule has 0 aliphatic carbocycles. The van der Waals surface area contributed by atoms with Gasteiger partial charge >= 0.3 is 0 Å². The molecule has 0 spiro atoms. The van der Waals surface area contributed by atoms with E-state index in [0.29, 0.717) is 28.0 Å². The molecule has 5 rings (SSSR count). The van der Waals surface area contributed by atoms with Crippen LogP contribution in [0.3, 0.4) is 0 Å². The predicted molar refractivity (Wildman–Crippen MR) is 143 cm³/mol. The van der Waals surface area contributed by atoms with Crippen molar-refractivity contribution in [3.63, 3.8) is 0 Å². The largest absolute Gasteiger partial charge is 0.446 e. The van der Waals surface area contributed by atoms with Crippen LogP contribution in [0.15, 0.2) is 65.7 Å². The average Bonchev–Trinajstić information content (AvgIpc) is 3.53. The molecule has 5 aromatic heterocycles. The Balaban J connectivity index is 1.64. The molecule has 1 atom stereocenters. The maximum atomic E-state index is 13.1. The Morgan fingerprint density at radius 1 is 1.14 bits per heavy atom. The van der Waals surface area contributed by atoms with Gasteiger partial charge in [-0.15, -0.1) is 0 Å². The molecule has 0 aromatic carbocycles. The summed E-state index contributed by atoms with van der Waals surface area (Å²) in [6.07, 6.45) is 8.34. The monoisotopic (exact) mass is 511 g/mol. The summed E-state index contributed by atoms with van der Waals surface area (Å²) >= 11 is 0. The van der Waals surface area contributed by atoms with Crippen LogP contribution in [0.25, 0.3) is 33.9 Å². The van der Waals surface area contributed by atoms with Crippen LogP contribution < -0.4 is 4.31 Å². The minimum Gasteiger partial charge on any atom is -0.446 e. The molecule has 0 aliphatic rings. The molecular formula is C27H25N7O2S. The Kier molecular flexibility index (Phi) is 6.54. The highest BCUT2D eigenvalue weighted by molar-refractivity contribution is 7.85. The lowest BCUT2D eigenvalue weighted by Crippen LogP contribution is -2.26. The Hall–Kier alpha value is -4.36. The highest BCUT2D eigenvalue weighted by Gasteiger charge is 2.27. The first-order valence-corrected chi connectivity index (χ1v) is 13.2. The van der Waals surface area contributed by atoms with E-state index in [4.69, 9.17) is 9.40 Å².